The molecule has 1 aromatic rings. The van der Waals surface area contributed by atoms with Crippen molar-refractivity contribution in [3.05, 3.63) is 24.3 Å². The van der Waals surface area contributed by atoms with Crippen molar-refractivity contribution in [1.29, 1.82) is 0 Å². The van der Waals surface area contributed by atoms with Crippen molar-refractivity contribution < 1.29 is 4.74 Å². The minimum Gasteiger partial charge on any atom is -0.491 e. The summed E-state index contributed by atoms with van der Waals surface area (Å²) < 4.78 is 6.11. The fourth-order valence-electron chi connectivity index (χ4n) is 5.21. The average molecular weight is 272 g/mol. The van der Waals surface area contributed by atoms with Crippen LogP contribution in [0.1, 0.15) is 32.1 Å². The lowest BCUT2D eigenvalue weighted by Crippen LogP contribution is -2.47. The Hall–Kier alpha value is -1.22. The highest BCUT2D eigenvalue weighted by Gasteiger charge is 2.48. The molecule has 4 aliphatic carbocycles. The van der Waals surface area contributed by atoms with Gasteiger partial charge in [0.05, 0.1) is 12.3 Å². The molecule has 4 bridgehead atoms. The molecule has 108 valence electrons. The highest BCUT2D eigenvalue weighted by atomic mass is 16.5. The summed E-state index contributed by atoms with van der Waals surface area (Å²) in [5.41, 5.74) is 3.61. The molecule has 5 rings (SSSR count). The van der Waals surface area contributed by atoms with Gasteiger partial charge in [0.15, 0.2) is 0 Å². The number of hydrogen-bond acceptors (Lipinski definition) is 3. The molecule has 0 spiro atoms. The van der Waals surface area contributed by atoms with Crippen LogP contribution in [0.2, 0.25) is 0 Å². The average Bonchev–Trinajstić information content (AvgIpc) is 2.46. The first kappa shape index (κ1) is 12.5. The van der Waals surface area contributed by atoms with Gasteiger partial charge in [-0.15, -0.1) is 0 Å². The molecular weight excluding hydrogens is 248 g/mol. The van der Waals surface area contributed by atoms with Crippen LogP contribution < -0.4 is 16.0 Å². The van der Waals surface area contributed by atoms with Gasteiger partial charge < -0.3 is 10.2 Å². The van der Waals surface area contributed by atoms with E-state index in [1.807, 2.05) is 24.3 Å². The number of hydrogen-bond donors (Lipinski definition) is 2. The Kier molecular flexibility index (Phi) is 3.10. The zero-order valence-corrected chi connectivity index (χ0v) is 11.9. The van der Waals surface area contributed by atoms with E-state index in [1.54, 1.807) is 0 Å². The van der Waals surface area contributed by atoms with Crippen LogP contribution in [0.3, 0.4) is 0 Å². The first-order valence-electron chi connectivity index (χ1n) is 8.02. The summed E-state index contributed by atoms with van der Waals surface area (Å²) in [7, 11) is 0. The molecule has 0 aliphatic heterocycles. The first-order chi connectivity index (χ1) is 9.83. The second-order valence-corrected chi connectivity index (χ2v) is 7.05. The van der Waals surface area contributed by atoms with E-state index in [4.69, 9.17) is 10.6 Å². The van der Waals surface area contributed by atoms with Crippen LogP contribution in [0.15, 0.2) is 24.3 Å². The number of anilines is 1. The Morgan fingerprint density at radius 3 is 2.30 bits per heavy atom. The van der Waals surface area contributed by atoms with Crippen LogP contribution in [0.5, 0.6) is 5.75 Å². The van der Waals surface area contributed by atoms with Crippen LogP contribution >= 0.6 is 0 Å². The Balaban J connectivity index is 1.45. The van der Waals surface area contributed by atoms with E-state index in [9.17, 15) is 0 Å². The third kappa shape index (κ3) is 2.08. The van der Waals surface area contributed by atoms with E-state index in [2.05, 4.69) is 5.43 Å². The standard InChI is InChI=1S/C17H24N2O/c18-19-16-3-1-2-4-17(16)20-10-15-13-6-11-5-12(8-13)9-14(15)7-11/h1-4,11-15,19H,5-10,18H2. The molecule has 1 aromatic carbocycles. The molecule has 0 atom stereocenters. The van der Waals surface area contributed by atoms with Gasteiger partial charge in [0.25, 0.3) is 0 Å². The van der Waals surface area contributed by atoms with Crippen molar-refractivity contribution in [3.63, 3.8) is 0 Å². The maximum absolute atomic E-state index is 6.11. The fourth-order valence-corrected chi connectivity index (χ4v) is 5.21. The van der Waals surface area contributed by atoms with Gasteiger partial charge in [-0.25, -0.2) is 0 Å². The second kappa shape index (κ2) is 4.96. The van der Waals surface area contributed by atoms with E-state index >= 15 is 0 Å². The number of para-hydroxylation sites is 2. The van der Waals surface area contributed by atoms with Gasteiger partial charge in [0.2, 0.25) is 0 Å². The van der Waals surface area contributed by atoms with E-state index in [0.717, 1.165) is 47.6 Å². The van der Waals surface area contributed by atoms with Crippen LogP contribution in [0.4, 0.5) is 5.69 Å². The molecular formula is C17H24N2O. The number of nitrogens with two attached hydrogens (primary N) is 1. The van der Waals surface area contributed by atoms with Gasteiger partial charge in [-0.3, -0.25) is 5.84 Å². The summed E-state index contributed by atoms with van der Waals surface area (Å²) in [6.45, 7) is 0.869. The van der Waals surface area contributed by atoms with Crippen LogP contribution in [-0.2, 0) is 0 Å². The molecule has 0 unspecified atom stereocenters. The van der Waals surface area contributed by atoms with Crippen molar-refractivity contribution >= 4 is 5.69 Å². The molecule has 0 radical (unpaired) electrons. The maximum Gasteiger partial charge on any atom is 0.143 e. The second-order valence-electron chi connectivity index (χ2n) is 7.05. The van der Waals surface area contributed by atoms with Crippen LogP contribution in [0.25, 0.3) is 0 Å². The summed E-state index contributed by atoms with van der Waals surface area (Å²) in [5.74, 6) is 11.1. The highest BCUT2D eigenvalue weighted by molar-refractivity contribution is 5.55. The first-order valence-corrected chi connectivity index (χ1v) is 8.02. The van der Waals surface area contributed by atoms with E-state index in [0.29, 0.717) is 0 Å². The molecule has 4 saturated carbocycles. The fraction of sp³-hybridized carbons (Fsp3) is 0.647. The molecule has 4 aliphatic rings. The Morgan fingerprint density at radius 2 is 1.65 bits per heavy atom. The lowest BCUT2D eigenvalue weighted by molar-refractivity contribution is -0.0528. The lowest BCUT2D eigenvalue weighted by atomic mass is 9.52. The Labute approximate surface area is 120 Å². The summed E-state index contributed by atoms with van der Waals surface area (Å²) in [6, 6.07) is 7.95. The number of rotatable bonds is 4. The lowest BCUT2D eigenvalue weighted by Gasteiger charge is -2.54. The minimum atomic E-state index is 0.772. The van der Waals surface area contributed by atoms with E-state index in [1.165, 1.54) is 32.1 Å². The summed E-state index contributed by atoms with van der Waals surface area (Å²) in [4.78, 5) is 0. The third-order valence-electron chi connectivity index (χ3n) is 5.90. The smallest absolute Gasteiger partial charge is 0.143 e. The van der Waals surface area contributed by atoms with Crippen LogP contribution in [0, 0.1) is 29.6 Å². The molecule has 4 fully saturated rings. The molecule has 20 heavy (non-hydrogen) atoms. The normalized spacial score (nSPS) is 38.0. The topological polar surface area (TPSA) is 47.3 Å². The monoisotopic (exact) mass is 272 g/mol. The van der Waals surface area contributed by atoms with E-state index in [-0.39, 0.29) is 0 Å². The number of ether oxygens (including phenoxy) is 1. The summed E-state index contributed by atoms with van der Waals surface area (Å²) >= 11 is 0. The predicted octanol–water partition coefficient (Wildman–Crippen LogP) is 3.42. The SMILES string of the molecule is NNc1ccccc1OCC1C2CC3CC(C2)CC1C3. The maximum atomic E-state index is 6.11. The molecule has 3 nitrogen and oxygen atoms in total. The predicted molar refractivity (Wildman–Crippen MR) is 80.3 cm³/mol. The number of nitrogens with one attached hydrogen (secondary N) is 1. The van der Waals surface area contributed by atoms with Gasteiger partial charge in [-0.1, -0.05) is 12.1 Å². The summed E-state index contributed by atoms with van der Waals surface area (Å²) in [5, 5.41) is 0. The van der Waals surface area contributed by atoms with Crippen LogP contribution in [-0.4, -0.2) is 6.61 Å². The van der Waals surface area contributed by atoms with Gasteiger partial charge in [0, 0.05) is 0 Å². The van der Waals surface area contributed by atoms with Gasteiger partial charge >= 0.3 is 0 Å². The van der Waals surface area contributed by atoms with Crippen molar-refractivity contribution in [2.24, 2.45) is 35.4 Å². The number of hydrazine groups is 1. The highest BCUT2D eigenvalue weighted by Crippen LogP contribution is 2.56. The molecule has 0 saturated heterocycles. The molecule has 3 heteroatoms. The van der Waals surface area contributed by atoms with Crippen molar-refractivity contribution in [1.82, 2.24) is 0 Å². The van der Waals surface area contributed by atoms with Crippen molar-refractivity contribution in [2.45, 2.75) is 32.1 Å². The van der Waals surface area contributed by atoms with E-state index < -0.39 is 0 Å². The van der Waals surface area contributed by atoms with Gasteiger partial charge in [-0.2, -0.15) is 0 Å². The summed E-state index contributed by atoms with van der Waals surface area (Å²) in [6.07, 6.45) is 7.34. The van der Waals surface area contributed by atoms with Crippen molar-refractivity contribution in [2.75, 3.05) is 12.0 Å². The zero-order chi connectivity index (χ0) is 13.5. The van der Waals surface area contributed by atoms with Gasteiger partial charge in [0.1, 0.15) is 5.75 Å². The Bertz CT molecular complexity index is 460. The minimum absolute atomic E-state index is 0.772. The van der Waals surface area contributed by atoms with Gasteiger partial charge in [-0.05, 0) is 73.8 Å². The molecule has 0 amide bonds. The Morgan fingerprint density at radius 1 is 1.00 bits per heavy atom. The largest absolute Gasteiger partial charge is 0.491 e. The van der Waals surface area contributed by atoms with Crippen molar-refractivity contribution in [3.8, 4) is 5.75 Å². The zero-order valence-electron chi connectivity index (χ0n) is 11.9. The molecule has 3 N–H and O–H groups in total. The quantitative estimate of drug-likeness (QED) is 0.652. The molecule has 0 aromatic heterocycles. The number of benzene rings is 1. The molecule has 0 heterocycles. The number of nitrogen functional groups attached to an aromatic ring is 1. The third-order valence-corrected chi connectivity index (χ3v) is 5.90.